The number of hydrogen-bond acceptors (Lipinski definition) is 3. The van der Waals surface area contributed by atoms with Crippen LogP contribution in [0, 0.1) is 0 Å². The van der Waals surface area contributed by atoms with Gasteiger partial charge in [0.25, 0.3) is 5.91 Å². The standard InChI is InChI=1S/C18H21N3O/c1-3-11-20-18(22)16-10-12-19-17(13-16)21(4-2)14-15-8-6-5-7-9-15/h3,5-10,12-13H,1,4,11,14H2,2H3,(H,20,22). The van der Waals surface area contributed by atoms with Crippen LogP contribution >= 0.6 is 0 Å². The second-order valence-corrected chi connectivity index (χ2v) is 4.90. The van der Waals surface area contributed by atoms with Crippen LogP contribution in [0.15, 0.2) is 61.3 Å². The van der Waals surface area contributed by atoms with Crippen molar-refractivity contribution in [2.75, 3.05) is 18.0 Å². The van der Waals surface area contributed by atoms with E-state index in [2.05, 4.69) is 40.8 Å². The molecule has 114 valence electrons. The van der Waals surface area contributed by atoms with E-state index in [4.69, 9.17) is 0 Å². The van der Waals surface area contributed by atoms with Crippen LogP contribution in [0.1, 0.15) is 22.8 Å². The predicted octanol–water partition coefficient (Wildman–Crippen LogP) is 3.02. The average Bonchev–Trinajstić information content (AvgIpc) is 2.58. The first-order valence-electron chi connectivity index (χ1n) is 7.38. The van der Waals surface area contributed by atoms with Crippen LogP contribution in [0.25, 0.3) is 0 Å². The Labute approximate surface area is 131 Å². The summed E-state index contributed by atoms with van der Waals surface area (Å²) in [6.45, 7) is 7.72. The Morgan fingerprint density at radius 3 is 2.77 bits per heavy atom. The van der Waals surface area contributed by atoms with Gasteiger partial charge in [0.05, 0.1) is 0 Å². The van der Waals surface area contributed by atoms with Crippen molar-refractivity contribution in [2.24, 2.45) is 0 Å². The van der Waals surface area contributed by atoms with Crippen molar-refractivity contribution in [1.82, 2.24) is 10.3 Å². The summed E-state index contributed by atoms with van der Waals surface area (Å²) in [6, 6.07) is 13.8. The highest BCUT2D eigenvalue weighted by Gasteiger charge is 2.10. The molecule has 0 unspecified atom stereocenters. The molecule has 1 heterocycles. The average molecular weight is 295 g/mol. The quantitative estimate of drug-likeness (QED) is 0.799. The highest BCUT2D eigenvalue weighted by Crippen LogP contribution is 2.16. The highest BCUT2D eigenvalue weighted by molar-refractivity contribution is 5.94. The number of aromatic nitrogens is 1. The number of carbonyl (C=O) groups excluding carboxylic acids is 1. The van der Waals surface area contributed by atoms with E-state index in [1.54, 1.807) is 18.3 Å². The molecule has 2 aromatic rings. The van der Waals surface area contributed by atoms with Gasteiger partial charge in [-0.05, 0) is 24.6 Å². The number of anilines is 1. The Kier molecular flexibility index (Phi) is 5.72. The van der Waals surface area contributed by atoms with Gasteiger partial charge < -0.3 is 10.2 Å². The van der Waals surface area contributed by atoms with Crippen LogP contribution in [0.3, 0.4) is 0 Å². The molecule has 2 rings (SSSR count). The molecule has 1 aromatic heterocycles. The second-order valence-electron chi connectivity index (χ2n) is 4.90. The van der Waals surface area contributed by atoms with Gasteiger partial charge in [0.2, 0.25) is 0 Å². The monoisotopic (exact) mass is 295 g/mol. The van der Waals surface area contributed by atoms with Crippen molar-refractivity contribution in [3.8, 4) is 0 Å². The van der Waals surface area contributed by atoms with Gasteiger partial charge in [0, 0.05) is 31.4 Å². The summed E-state index contributed by atoms with van der Waals surface area (Å²) < 4.78 is 0. The number of hydrogen-bond donors (Lipinski definition) is 1. The van der Waals surface area contributed by atoms with E-state index in [9.17, 15) is 4.79 Å². The Morgan fingerprint density at radius 2 is 2.09 bits per heavy atom. The Morgan fingerprint density at radius 1 is 1.32 bits per heavy atom. The third kappa shape index (κ3) is 4.19. The zero-order valence-electron chi connectivity index (χ0n) is 12.8. The lowest BCUT2D eigenvalue weighted by Gasteiger charge is -2.22. The van der Waals surface area contributed by atoms with Crippen molar-refractivity contribution in [3.63, 3.8) is 0 Å². The van der Waals surface area contributed by atoms with Gasteiger partial charge in [-0.1, -0.05) is 36.4 Å². The molecule has 0 aliphatic rings. The SMILES string of the molecule is C=CCNC(=O)c1ccnc(N(CC)Cc2ccccc2)c1. The molecule has 0 aliphatic heterocycles. The molecule has 0 radical (unpaired) electrons. The van der Waals surface area contributed by atoms with E-state index in [1.807, 2.05) is 24.3 Å². The van der Waals surface area contributed by atoms with E-state index in [-0.39, 0.29) is 5.91 Å². The zero-order valence-corrected chi connectivity index (χ0v) is 12.8. The number of amides is 1. The summed E-state index contributed by atoms with van der Waals surface area (Å²) in [4.78, 5) is 18.6. The maximum atomic E-state index is 12.0. The number of nitrogens with one attached hydrogen (secondary N) is 1. The molecule has 4 heteroatoms. The summed E-state index contributed by atoms with van der Waals surface area (Å²) >= 11 is 0. The molecule has 1 amide bonds. The third-order valence-corrected chi connectivity index (χ3v) is 3.34. The van der Waals surface area contributed by atoms with E-state index in [0.717, 1.165) is 18.9 Å². The van der Waals surface area contributed by atoms with Crippen LogP contribution in [0.5, 0.6) is 0 Å². The molecule has 0 saturated carbocycles. The van der Waals surface area contributed by atoms with Gasteiger partial charge in [0.1, 0.15) is 5.82 Å². The van der Waals surface area contributed by atoms with E-state index < -0.39 is 0 Å². The van der Waals surface area contributed by atoms with Crippen molar-refractivity contribution in [3.05, 3.63) is 72.4 Å². The lowest BCUT2D eigenvalue weighted by Crippen LogP contribution is -2.26. The number of rotatable bonds is 7. The highest BCUT2D eigenvalue weighted by atomic mass is 16.1. The fourth-order valence-corrected chi connectivity index (χ4v) is 2.16. The fraction of sp³-hybridized carbons (Fsp3) is 0.222. The van der Waals surface area contributed by atoms with Crippen molar-refractivity contribution >= 4 is 11.7 Å². The summed E-state index contributed by atoms with van der Waals surface area (Å²) in [7, 11) is 0. The van der Waals surface area contributed by atoms with Crippen LogP contribution in [-0.2, 0) is 6.54 Å². The minimum atomic E-state index is -0.112. The molecule has 0 atom stereocenters. The second kappa shape index (κ2) is 7.98. The topological polar surface area (TPSA) is 45.2 Å². The van der Waals surface area contributed by atoms with E-state index in [0.29, 0.717) is 12.1 Å². The number of nitrogens with zero attached hydrogens (tertiary/aromatic N) is 2. The van der Waals surface area contributed by atoms with Crippen LogP contribution in [0.4, 0.5) is 5.82 Å². The minimum absolute atomic E-state index is 0.112. The van der Waals surface area contributed by atoms with Gasteiger partial charge in [-0.3, -0.25) is 4.79 Å². The predicted molar refractivity (Wildman–Crippen MR) is 89.9 cm³/mol. The van der Waals surface area contributed by atoms with Gasteiger partial charge in [-0.25, -0.2) is 4.98 Å². The number of benzene rings is 1. The maximum absolute atomic E-state index is 12.0. The molecule has 1 aromatic carbocycles. The van der Waals surface area contributed by atoms with Gasteiger partial charge in [-0.2, -0.15) is 0 Å². The first-order valence-corrected chi connectivity index (χ1v) is 7.38. The molecule has 0 fully saturated rings. The third-order valence-electron chi connectivity index (χ3n) is 3.34. The number of carbonyl (C=O) groups is 1. The van der Waals surface area contributed by atoms with Gasteiger partial charge >= 0.3 is 0 Å². The molecular formula is C18H21N3O. The minimum Gasteiger partial charge on any atom is -0.353 e. The molecule has 1 N–H and O–H groups in total. The molecule has 0 aliphatic carbocycles. The van der Waals surface area contributed by atoms with Crippen molar-refractivity contribution in [2.45, 2.75) is 13.5 Å². The lowest BCUT2D eigenvalue weighted by molar-refractivity contribution is 0.0958. The normalized spacial score (nSPS) is 10.0. The maximum Gasteiger partial charge on any atom is 0.251 e. The van der Waals surface area contributed by atoms with E-state index in [1.165, 1.54) is 5.56 Å². The molecule has 22 heavy (non-hydrogen) atoms. The Bertz CT molecular complexity index is 625. The van der Waals surface area contributed by atoms with Crippen LogP contribution < -0.4 is 10.2 Å². The summed E-state index contributed by atoms with van der Waals surface area (Å²) in [5.74, 6) is 0.692. The van der Waals surface area contributed by atoms with E-state index >= 15 is 0 Å². The summed E-state index contributed by atoms with van der Waals surface area (Å²) in [6.07, 6.45) is 3.33. The summed E-state index contributed by atoms with van der Waals surface area (Å²) in [5.41, 5.74) is 1.83. The summed E-state index contributed by atoms with van der Waals surface area (Å²) in [5, 5.41) is 2.78. The fourth-order valence-electron chi connectivity index (χ4n) is 2.16. The Balaban J connectivity index is 2.15. The molecule has 0 spiro atoms. The van der Waals surface area contributed by atoms with Crippen molar-refractivity contribution < 1.29 is 4.79 Å². The lowest BCUT2D eigenvalue weighted by atomic mass is 10.2. The molecular weight excluding hydrogens is 274 g/mol. The smallest absolute Gasteiger partial charge is 0.251 e. The Hall–Kier alpha value is -2.62. The van der Waals surface area contributed by atoms with Crippen molar-refractivity contribution in [1.29, 1.82) is 0 Å². The largest absolute Gasteiger partial charge is 0.353 e. The molecule has 0 bridgehead atoms. The molecule has 0 saturated heterocycles. The van der Waals surface area contributed by atoms with Gasteiger partial charge in [-0.15, -0.1) is 6.58 Å². The number of pyridine rings is 1. The zero-order chi connectivity index (χ0) is 15.8. The first-order chi connectivity index (χ1) is 10.7. The molecule has 4 nitrogen and oxygen atoms in total. The van der Waals surface area contributed by atoms with Crippen LogP contribution in [-0.4, -0.2) is 24.0 Å². The van der Waals surface area contributed by atoms with Crippen LogP contribution in [0.2, 0.25) is 0 Å². The van der Waals surface area contributed by atoms with Gasteiger partial charge in [0.15, 0.2) is 0 Å². The first kappa shape index (κ1) is 15.8.